The van der Waals surface area contributed by atoms with Crippen LogP contribution in [0, 0.1) is 0 Å². The van der Waals surface area contributed by atoms with Gasteiger partial charge in [-0.25, -0.2) is 0 Å². The van der Waals surface area contributed by atoms with E-state index in [0.717, 1.165) is 30.8 Å². The fourth-order valence-electron chi connectivity index (χ4n) is 3.68. The fraction of sp³-hybridized carbons (Fsp3) is 0.500. The van der Waals surface area contributed by atoms with Crippen molar-refractivity contribution in [3.63, 3.8) is 0 Å². The number of nitrogens with zero attached hydrogens (tertiary/aromatic N) is 1. The molecule has 2 aromatic rings. The van der Waals surface area contributed by atoms with Gasteiger partial charge in [0.25, 0.3) is 0 Å². The summed E-state index contributed by atoms with van der Waals surface area (Å²) in [6.45, 7) is 2.95. The average Bonchev–Trinajstić information content (AvgIpc) is 3.10. The zero-order valence-electron chi connectivity index (χ0n) is 16.2. The molecule has 0 radical (unpaired) electrons. The number of benzene rings is 1. The molecule has 0 saturated carbocycles. The number of carbonyl (C=O) groups excluding carboxylic acids is 1. The highest BCUT2D eigenvalue weighted by Gasteiger charge is 2.22. The summed E-state index contributed by atoms with van der Waals surface area (Å²) in [5.74, 6) is 0.972. The molecule has 1 aliphatic heterocycles. The Bertz CT molecular complexity index is 677. The summed E-state index contributed by atoms with van der Waals surface area (Å²) in [6, 6.07) is 10.4. The van der Waals surface area contributed by atoms with E-state index in [1.165, 1.54) is 31.2 Å². The van der Waals surface area contributed by atoms with Gasteiger partial charge >= 0.3 is 0 Å². The third kappa shape index (κ3) is 6.08. The van der Waals surface area contributed by atoms with Gasteiger partial charge < -0.3 is 10.1 Å². The number of thiophene rings is 1. The van der Waals surface area contributed by atoms with Crippen LogP contribution in [0.15, 0.2) is 41.1 Å². The van der Waals surface area contributed by atoms with Gasteiger partial charge in [-0.15, -0.1) is 0 Å². The van der Waals surface area contributed by atoms with E-state index < -0.39 is 0 Å². The Kier molecular flexibility index (Phi) is 7.72. The van der Waals surface area contributed by atoms with Crippen molar-refractivity contribution in [2.75, 3.05) is 26.7 Å². The van der Waals surface area contributed by atoms with Crippen molar-refractivity contribution in [1.29, 1.82) is 0 Å². The van der Waals surface area contributed by atoms with Crippen molar-refractivity contribution in [1.82, 2.24) is 10.2 Å². The van der Waals surface area contributed by atoms with E-state index in [0.29, 0.717) is 19.0 Å². The van der Waals surface area contributed by atoms with Crippen LogP contribution >= 0.6 is 11.3 Å². The zero-order valence-corrected chi connectivity index (χ0v) is 17.0. The minimum Gasteiger partial charge on any atom is -0.497 e. The predicted molar refractivity (Wildman–Crippen MR) is 111 cm³/mol. The first-order chi connectivity index (χ1) is 13.3. The van der Waals surface area contributed by atoms with E-state index in [1.54, 1.807) is 18.4 Å². The number of methoxy groups -OCH3 is 1. The molecular weight excluding hydrogens is 356 g/mol. The molecular formula is C22H30N2O2S. The molecule has 146 valence electrons. The second-order valence-corrected chi connectivity index (χ2v) is 7.95. The summed E-state index contributed by atoms with van der Waals surface area (Å²) in [4.78, 5) is 15.0. The van der Waals surface area contributed by atoms with Gasteiger partial charge in [0.05, 0.1) is 13.2 Å². The number of nitrogens with one attached hydrogen (secondary N) is 1. The number of aryl methyl sites for hydroxylation is 1. The molecule has 0 bridgehead atoms. The van der Waals surface area contributed by atoms with Gasteiger partial charge in [0.2, 0.25) is 5.91 Å². The summed E-state index contributed by atoms with van der Waals surface area (Å²) < 4.78 is 5.18. The third-order valence-corrected chi connectivity index (χ3v) is 6.00. The minimum absolute atomic E-state index is 0.126. The van der Waals surface area contributed by atoms with Crippen LogP contribution in [-0.4, -0.2) is 37.6 Å². The molecule has 5 heteroatoms. The lowest BCUT2D eigenvalue weighted by atomic mass is 10.1. The van der Waals surface area contributed by atoms with E-state index in [2.05, 4.69) is 27.0 Å². The lowest BCUT2D eigenvalue weighted by Gasteiger charge is -2.30. The van der Waals surface area contributed by atoms with E-state index in [1.807, 2.05) is 24.3 Å². The maximum absolute atomic E-state index is 12.4. The molecule has 0 aliphatic carbocycles. The van der Waals surface area contributed by atoms with Crippen molar-refractivity contribution < 1.29 is 9.53 Å². The smallest absolute Gasteiger partial charge is 0.220 e. The second-order valence-electron chi connectivity index (χ2n) is 7.17. The molecule has 1 saturated heterocycles. The number of amides is 1. The highest BCUT2D eigenvalue weighted by atomic mass is 32.1. The van der Waals surface area contributed by atoms with Gasteiger partial charge in [-0.1, -0.05) is 25.0 Å². The molecule has 1 fully saturated rings. The molecule has 1 amide bonds. The Morgan fingerprint density at radius 1 is 1.15 bits per heavy atom. The van der Waals surface area contributed by atoms with Gasteiger partial charge in [-0.2, -0.15) is 11.3 Å². The maximum Gasteiger partial charge on any atom is 0.220 e. The van der Waals surface area contributed by atoms with E-state index in [4.69, 9.17) is 4.74 Å². The summed E-state index contributed by atoms with van der Waals surface area (Å²) in [6.07, 6.45) is 6.42. The van der Waals surface area contributed by atoms with Crippen molar-refractivity contribution >= 4 is 17.2 Å². The van der Waals surface area contributed by atoms with Crippen LogP contribution in [0.5, 0.6) is 5.75 Å². The Balaban J connectivity index is 1.52. The third-order valence-electron chi connectivity index (χ3n) is 5.30. The number of hydrogen-bond donors (Lipinski definition) is 1. The zero-order chi connectivity index (χ0) is 18.9. The van der Waals surface area contributed by atoms with E-state index in [9.17, 15) is 4.79 Å². The first kappa shape index (κ1) is 19.9. The molecule has 2 heterocycles. The highest BCUT2D eigenvalue weighted by molar-refractivity contribution is 7.07. The maximum atomic E-state index is 12.4. The molecule has 1 aromatic heterocycles. The number of rotatable bonds is 8. The van der Waals surface area contributed by atoms with E-state index >= 15 is 0 Å². The first-order valence-electron chi connectivity index (χ1n) is 9.92. The van der Waals surface area contributed by atoms with Gasteiger partial charge in [0.15, 0.2) is 0 Å². The summed E-state index contributed by atoms with van der Waals surface area (Å²) in [7, 11) is 1.66. The fourth-order valence-corrected chi connectivity index (χ4v) is 4.39. The lowest BCUT2D eigenvalue weighted by molar-refractivity contribution is -0.121. The summed E-state index contributed by atoms with van der Waals surface area (Å²) >= 11 is 1.73. The van der Waals surface area contributed by atoms with Crippen molar-refractivity contribution in [2.24, 2.45) is 0 Å². The van der Waals surface area contributed by atoms with Crippen LogP contribution in [0.25, 0.3) is 0 Å². The van der Waals surface area contributed by atoms with Crippen molar-refractivity contribution in [3.8, 4) is 5.75 Å². The molecule has 27 heavy (non-hydrogen) atoms. The number of ether oxygens (including phenoxy) is 1. The topological polar surface area (TPSA) is 41.6 Å². The highest BCUT2D eigenvalue weighted by Crippen LogP contribution is 2.25. The summed E-state index contributed by atoms with van der Waals surface area (Å²) in [5.41, 5.74) is 2.49. The largest absolute Gasteiger partial charge is 0.497 e. The SMILES string of the molecule is COc1ccc(CCC(=O)NCC(c2ccsc2)N2CCCCCC2)cc1. The Hall–Kier alpha value is -1.85. The van der Waals surface area contributed by atoms with Gasteiger partial charge in [0.1, 0.15) is 5.75 Å². The number of hydrogen-bond acceptors (Lipinski definition) is 4. The minimum atomic E-state index is 0.126. The number of carbonyl (C=O) groups is 1. The first-order valence-corrected chi connectivity index (χ1v) is 10.9. The van der Waals surface area contributed by atoms with Crippen molar-refractivity contribution in [2.45, 2.75) is 44.6 Å². The van der Waals surface area contributed by atoms with Gasteiger partial charge in [-0.3, -0.25) is 9.69 Å². The predicted octanol–water partition coefficient (Wildman–Crippen LogP) is 4.42. The van der Waals surface area contributed by atoms with Crippen LogP contribution in [0.4, 0.5) is 0 Å². The molecule has 1 atom stereocenters. The molecule has 1 aromatic carbocycles. The lowest BCUT2D eigenvalue weighted by Crippen LogP contribution is -2.38. The van der Waals surface area contributed by atoms with Crippen LogP contribution in [0.2, 0.25) is 0 Å². The molecule has 1 aliphatic rings. The van der Waals surface area contributed by atoms with Crippen LogP contribution < -0.4 is 10.1 Å². The Morgan fingerprint density at radius 3 is 2.52 bits per heavy atom. The monoisotopic (exact) mass is 386 g/mol. The summed E-state index contributed by atoms with van der Waals surface area (Å²) in [5, 5.41) is 7.53. The molecule has 4 nitrogen and oxygen atoms in total. The van der Waals surface area contributed by atoms with Crippen LogP contribution in [0.1, 0.15) is 49.3 Å². The molecule has 1 N–H and O–H groups in total. The van der Waals surface area contributed by atoms with Crippen LogP contribution in [-0.2, 0) is 11.2 Å². The van der Waals surface area contributed by atoms with Crippen molar-refractivity contribution in [3.05, 3.63) is 52.2 Å². The van der Waals surface area contributed by atoms with E-state index in [-0.39, 0.29) is 5.91 Å². The average molecular weight is 387 g/mol. The Labute approximate surface area is 166 Å². The van der Waals surface area contributed by atoms with Gasteiger partial charge in [-0.05, 0) is 72.4 Å². The quantitative estimate of drug-likeness (QED) is 0.730. The second kappa shape index (κ2) is 10.5. The molecule has 1 unspecified atom stereocenters. The van der Waals surface area contributed by atoms with Crippen LogP contribution in [0.3, 0.4) is 0 Å². The molecule has 0 spiro atoms. The van der Waals surface area contributed by atoms with Gasteiger partial charge in [0, 0.05) is 13.0 Å². The molecule has 3 rings (SSSR count). The normalized spacial score (nSPS) is 16.5. The Morgan fingerprint density at radius 2 is 1.89 bits per heavy atom. The number of likely N-dealkylation sites (tertiary alicyclic amines) is 1. The standard InChI is InChI=1S/C22H30N2O2S/c1-26-20-9-6-18(7-10-20)8-11-22(25)23-16-21(19-12-15-27-17-19)24-13-4-2-3-5-14-24/h6-7,9-10,12,15,17,21H,2-5,8,11,13-14,16H2,1H3,(H,23,25).